The molecule has 0 bridgehead atoms. The molecule has 0 heterocycles. The third-order valence-corrected chi connectivity index (χ3v) is 0.994. The normalized spacial score (nSPS) is 6.07. The number of carboxylic acids is 1. The van der Waals surface area contributed by atoms with Crippen molar-refractivity contribution in [3.05, 3.63) is 0 Å². The third-order valence-electron chi connectivity index (χ3n) is 0.994. The minimum Gasteiger partial charge on any atom is -0.481 e. The Morgan fingerprint density at radius 2 is 1.27 bits per heavy atom. The van der Waals surface area contributed by atoms with E-state index in [2.05, 4.69) is 6.92 Å². The Hall–Kier alpha value is 0.0643. The summed E-state index contributed by atoms with van der Waals surface area (Å²) in [6.45, 7) is 2.06. The molecule has 4 N–H and O–H groups in total. The van der Waals surface area contributed by atoms with Crippen LogP contribution in [0.25, 0.3) is 0 Å². The number of carbonyl (C=O) groups is 1. The molecule has 0 atom stereocenters. The molecule has 15 heavy (non-hydrogen) atoms. The van der Waals surface area contributed by atoms with E-state index in [4.69, 9.17) is 20.4 Å². The molecule has 0 fully saturated rings. The van der Waals surface area contributed by atoms with E-state index in [-0.39, 0.29) is 21.7 Å². The van der Waals surface area contributed by atoms with Crippen LogP contribution in [0.4, 0.5) is 0 Å². The van der Waals surface area contributed by atoms with Gasteiger partial charge < -0.3 is 20.4 Å². The van der Waals surface area contributed by atoms with Gasteiger partial charge in [0.05, 0.1) is 0 Å². The first-order chi connectivity index (χ1) is 6.77. The number of carboxylic acid groups (broad SMARTS) is 1. The summed E-state index contributed by atoms with van der Waals surface area (Å²) in [5, 5.41) is 29.1. The minimum atomic E-state index is -0.682. The minimum absolute atomic E-state index is 0. The Morgan fingerprint density at radius 1 is 0.933 bits per heavy atom. The molecule has 0 saturated heterocycles. The van der Waals surface area contributed by atoms with Crippen LogP contribution in [0.2, 0.25) is 0 Å². The van der Waals surface area contributed by atoms with E-state index in [1.807, 2.05) is 0 Å². The standard InChI is InChI=1S/C6H12O2.3CH4O.Ti/c1-2-3-4-5-6(7)8;3*1-2;/h2-5H2,1H3,(H,7,8);3*2H,1H3;. The van der Waals surface area contributed by atoms with E-state index in [1.54, 1.807) is 0 Å². The maximum Gasteiger partial charge on any atom is 0.303 e. The van der Waals surface area contributed by atoms with Crippen molar-refractivity contribution < 1.29 is 46.9 Å². The van der Waals surface area contributed by atoms with Crippen molar-refractivity contribution >= 4 is 5.97 Å². The molecule has 0 spiro atoms. The summed E-state index contributed by atoms with van der Waals surface area (Å²) < 4.78 is 0. The predicted octanol–water partition coefficient (Wildman–Crippen LogP) is 0.474. The second kappa shape index (κ2) is 48.1. The molecule has 0 aromatic rings. The molecule has 0 aromatic carbocycles. The maximum atomic E-state index is 9.87. The summed E-state index contributed by atoms with van der Waals surface area (Å²) in [6, 6.07) is 0. The molecule has 0 aliphatic heterocycles. The number of rotatable bonds is 4. The Bertz CT molecular complexity index is 80.9. The van der Waals surface area contributed by atoms with E-state index in [1.165, 1.54) is 0 Å². The van der Waals surface area contributed by atoms with Crippen molar-refractivity contribution in [1.29, 1.82) is 0 Å². The number of aliphatic hydroxyl groups is 3. The Balaban J connectivity index is -0.0000000410. The molecule has 0 rings (SSSR count). The van der Waals surface area contributed by atoms with Crippen LogP contribution in [0.3, 0.4) is 0 Å². The van der Waals surface area contributed by atoms with E-state index in [0.29, 0.717) is 6.42 Å². The van der Waals surface area contributed by atoms with Crippen LogP contribution in [0.1, 0.15) is 32.6 Å². The van der Waals surface area contributed by atoms with Crippen molar-refractivity contribution in [3.8, 4) is 0 Å². The fourth-order valence-electron chi connectivity index (χ4n) is 0.526. The average Bonchev–Trinajstić information content (AvgIpc) is 2.27. The first-order valence-corrected chi connectivity index (χ1v) is 4.33. The van der Waals surface area contributed by atoms with E-state index < -0.39 is 5.97 Å². The summed E-state index contributed by atoms with van der Waals surface area (Å²) in [7, 11) is 3.00. The zero-order valence-electron chi connectivity index (χ0n) is 10.0. The number of hydrogen-bond donors (Lipinski definition) is 4. The van der Waals surface area contributed by atoms with Crippen LogP contribution < -0.4 is 0 Å². The summed E-state index contributed by atoms with van der Waals surface area (Å²) >= 11 is 0. The summed E-state index contributed by atoms with van der Waals surface area (Å²) in [5.74, 6) is -0.682. The molecular weight excluding hydrogens is 236 g/mol. The fourth-order valence-corrected chi connectivity index (χ4v) is 0.526. The summed E-state index contributed by atoms with van der Waals surface area (Å²) in [4.78, 5) is 9.87. The largest absolute Gasteiger partial charge is 0.481 e. The quantitative estimate of drug-likeness (QED) is 0.435. The molecule has 94 valence electrons. The third kappa shape index (κ3) is 79.8. The Kier molecular flexibility index (Phi) is 94.3. The van der Waals surface area contributed by atoms with Gasteiger partial charge in [-0.3, -0.25) is 4.79 Å². The van der Waals surface area contributed by atoms with Crippen LogP contribution in [-0.2, 0) is 26.5 Å². The maximum absolute atomic E-state index is 9.87. The zero-order valence-corrected chi connectivity index (χ0v) is 11.6. The van der Waals surface area contributed by atoms with Gasteiger partial charge in [-0.2, -0.15) is 0 Å². The van der Waals surface area contributed by atoms with Gasteiger partial charge in [0.25, 0.3) is 0 Å². The van der Waals surface area contributed by atoms with E-state index in [0.717, 1.165) is 40.6 Å². The summed E-state index contributed by atoms with van der Waals surface area (Å²) in [6.07, 6.45) is 3.28. The van der Waals surface area contributed by atoms with Crippen molar-refractivity contribution in [2.75, 3.05) is 21.3 Å². The van der Waals surface area contributed by atoms with Crippen molar-refractivity contribution in [3.63, 3.8) is 0 Å². The van der Waals surface area contributed by atoms with Gasteiger partial charge in [0.15, 0.2) is 0 Å². The van der Waals surface area contributed by atoms with E-state index >= 15 is 0 Å². The number of aliphatic hydroxyl groups excluding tert-OH is 3. The summed E-state index contributed by atoms with van der Waals surface area (Å²) in [5.41, 5.74) is 0. The van der Waals surface area contributed by atoms with Crippen LogP contribution in [0, 0.1) is 0 Å². The first-order valence-electron chi connectivity index (χ1n) is 4.33. The van der Waals surface area contributed by atoms with Crippen molar-refractivity contribution in [1.82, 2.24) is 0 Å². The molecule has 0 amide bonds. The van der Waals surface area contributed by atoms with Gasteiger partial charge in [-0.1, -0.05) is 19.8 Å². The molecular formula is C9H24O5Ti. The van der Waals surface area contributed by atoms with Gasteiger partial charge in [0, 0.05) is 49.5 Å². The molecule has 0 radical (unpaired) electrons. The molecule has 0 aliphatic carbocycles. The fraction of sp³-hybridized carbons (Fsp3) is 0.889. The van der Waals surface area contributed by atoms with Crippen LogP contribution >= 0.6 is 0 Å². The molecule has 6 heteroatoms. The van der Waals surface area contributed by atoms with Crippen molar-refractivity contribution in [2.24, 2.45) is 0 Å². The number of hydrogen-bond acceptors (Lipinski definition) is 4. The molecule has 0 aromatic heterocycles. The van der Waals surface area contributed by atoms with Gasteiger partial charge in [-0.25, -0.2) is 0 Å². The molecule has 5 nitrogen and oxygen atoms in total. The van der Waals surface area contributed by atoms with Gasteiger partial charge in [-0.15, -0.1) is 0 Å². The van der Waals surface area contributed by atoms with Gasteiger partial charge in [-0.05, 0) is 6.42 Å². The first kappa shape index (κ1) is 29.4. The molecule has 0 unspecified atom stereocenters. The number of aliphatic carboxylic acids is 1. The van der Waals surface area contributed by atoms with Crippen LogP contribution in [-0.4, -0.2) is 47.7 Å². The van der Waals surface area contributed by atoms with Gasteiger partial charge >= 0.3 is 5.97 Å². The number of unbranched alkanes of at least 4 members (excludes halogenated alkanes) is 2. The van der Waals surface area contributed by atoms with E-state index in [9.17, 15) is 4.79 Å². The average molecular weight is 260 g/mol. The van der Waals surface area contributed by atoms with Gasteiger partial charge in [0.2, 0.25) is 0 Å². The topological polar surface area (TPSA) is 98.0 Å². The van der Waals surface area contributed by atoms with Crippen molar-refractivity contribution in [2.45, 2.75) is 32.6 Å². The second-order valence-electron chi connectivity index (χ2n) is 1.85. The SMILES string of the molecule is CCCCCC(=O)O.CO.CO.CO.[Ti]. The zero-order chi connectivity index (χ0) is 12.4. The molecule has 0 saturated carbocycles. The predicted molar refractivity (Wildman–Crippen MR) is 56.2 cm³/mol. The smallest absolute Gasteiger partial charge is 0.303 e. The van der Waals surface area contributed by atoms with Crippen LogP contribution in [0.5, 0.6) is 0 Å². The molecule has 0 aliphatic rings. The van der Waals surface area contributed by atoms with Gasteiger partial charge in [0.1, 0.15) is 0 Å². The monoisotopic (exact) mass is 260 g/mol. The Morgan fingerprint density at radius 3 is 1.47 bits per heavy atom. The Labute approximate surface area is 107 Å². The second-order valence-corrected chi connectivity index (χ2v) is 1.85. The van der Waals surface area contributed by atoms with Crippen LogP contribution in [0.15, 0.2) is 0 Å².